The van der Waals surface area contributed by atoms with Crippen LogP contribution in [0.2, 0.25) is 0 Å². The fourth-order valence-corrected chi connectivity index (χ4v) is 3.46. The van der Waals surface area contributed by atoms with Crippen LogP contribution in [-0.4, -0.2) is 38.7 Å². The normalized spacial score (nSPS) is 11.3. The summed E-state index contributed by atoms with van der Waals surface area (Å²) in [6, 6.07) is 6.62. The fraction of sp³-hybridized carbons (Fsp3) is 0.286. The molecule has 10 heteroatoms. The van der Waals surface area contributed by atoms with Crippen LogP contribution in [0.15, 0.2) is 39.8 Å². The van der Waals surface area contributed by atoms with Crippen molar-refractivity contribution in [2.75, 3.05) is 19.0 Å². The second-order valence-corrected chi connectivity index (χ2v) is 7.22. The molecule has 2 N–H and O–H groups in total. The standard InChI is InChI=1S/C21H22N6O4/c1-12-6-4-7-27-18(12)24-19-15(21(27)29)11-14(17(22)26(19)8-5-9-30-3)20(28)23-16-10-13(2)31-25-16/h4,6-7,10-11,22H,5,8-9H2,1-3H3,(H,23,25,28). The zero-order valence-corrected chi connectivity index (χ0v) is 17.4. The fourth-order valence-electron chi connectivity index (χ4n) is 3.46. The maximum absolute atomic E-state index is 13.2. The zero-order valence-electron chi connectivity index (χ0n) is 17.4. The molecule has 4 aromatic rings. The molecule has 0 aliphatic rings. The molecule has 31 heavy (non-hydrogen) atoms. The zero-order chi connectivity index (χ0) is 22.1. The Kier molecular flexibility index (Phi) is 5.38. The Morgan fingerprint density at radius 1 is 1.29 bits per heavy atom. The predicted octanol–water partition coefficient (Wildman–Crippen LogP) is 2.02. The van der Waals surface area contributed by atoms with Crippen molar-refractivity contribution < 1.29 is 14.1 Å². The van der Waals surface area contributed by atoms with Crippen molar-refractivity contribution in [2.45, 2.75) is 26.8 Å². The SMILES string of the molecule is COCCCn1c(=N)c(C(=O)Nc2cc(C)on2)cc2c(=O)n3cccc(C)c3nc21. The van der Waals surface area contributed by atoms with E-state index in [1.165, 1.54) is 10.5 Å². The number of carbonyl (C=O) groups excluding carboxylic acids is 1. The monoisotopic (exact) mass is 422 g/mol. The molecule has 0 fully saturated rings. The summed E-state index contributed by atoms with van der Waals surface area (Å²) in [5.74, 6) is 0.213. The highest BCUT2D eigenvalue weighted by atomic mass is 16.5. The van der Waals surface area contributed by atoms with Gasteiger partial charge in [-0.25, -0.2) is 4.98 Å². The van der Waals surface area contributed by atoms with Gasteiger partial charge in [-0.05, 0) is 38.0 Å². The number of aromatic nitrogens is 4. The number of ether oxygens (including phenoxy) is 1. The van der Waals surface area contributed by atoms with Gasteiger partial charge in [-0.15, -0.1) is 0 Å². The highest BCUT2D eigenvalue weighted by Crippen LogP contribution is 2.14. The van der Waals surface area contributed by atoms with Crippen molar-refractivity contribution >= 4 is 28.4 Å². The summed E-state index contributed by atoms with van der Waals surface area (Å²) in [7, 11) is 1.59. The molecule has 0 spiro atoms. The smallest absolute Gasteiger partial charge is 0.267 e. The van der Waals surface area contributed by atoms with Crippen LogP contribution in [0.25, 0.3) is 16.7 Å². The first kappa shape index (κ1) is 20.5. The Labute approximate surface area is 176 Å². The van der Waals surface area contributed by atoms with Gasteiger partial charge in [-0.3, -0.25) is 19.4 Å². The number of nitrogens with zero attached hydrogens (tertiary/aromatic N) is 4. The first-order valence-corrected chi connectivity index (χ1v) is 9.74. The van der Waals surface area contributed by atoms with Gasteiger partial charge in [0.25, 0.3) is 11.5 Å². The van der Waals surface area contributed by atoms with Crippen molar-refractivity contribution in [1.29, 1.82) is 5.41 Å². The molecule has 1 amide bonds. The van der Waals surface area contributed by atoms with E-state index in [4.69, 9.17) is 14.7 Å². The van der Waals surface area contributed by atoms with Crippen LogP contribution in [0.5, 0.6) is 0 Å². The van der Waals surface area contributed by atoms with Crippen molar-refractivity contribution in [1.82, 2.24) is 19.1 Å². The third-order valence-electron chi connectivity index (χ3n) is 4.98. The maximum atomic E-state index is 13.2. The van der Waals surface area contributed by atoms with E-state index in [2.05, 4.69) is 15.5 Å². The third-order valence-corrected chi connectivity index (χ3v) is 4.98. The molecule has 0 unspecified atom stereocenters. The van der Waals surface area contributed by atoms with Crippen LogP contribution in [0, 0.1) is 19.3 Å². The number of anilines is 1. The molecule has 0 saturated carbocycles. The number of aryl methyl sites for hydroxylation is 3. The minimum atomic E-state index is -0.561. The summed E-state index contributed by atoms with van der Waals surface area (Å²) in [6.45, 7) is 4.40. The number of amides is 1. The van der Waals surface area contributed by atoms with Crippen LogP contribution < -0.4 is 16.4 Å². The van der Waals surface area contributed by atoms with E-state index < -0.39 is 5.91 Å². The van der Waals surface area contributed by atoms with Crippen LogP contribution >= 0.6 is 0 Å². The van der Waals surface area contributed by atoms with Crippen molar-refractivity contribution in [3.8, 4) is 0 Å². The molecular formula is C21H22N6O4. The van der Waals surface area contributed by atoms with Gasteiger partial charge in [-0.2, -0.15) is 0 Å². The van der Waals surface area contributed by atoms with E-state index in [1.807, 2.05) is 13.0 Å². The molecule has 0 atom stereocenters. The van der Waals surface area contributed by atoms with Crippen molar-refractivity contribution in [2.24, 2.45) is 0 Å². The Balaban J connectivity index is 1.94. The van der Waals surface area contributed by atoms with Crippen LogP contribution in [0.1, 0.15) is 28.1 Å². The van der Waals surface area contributed by atoms with E-state index in [0.717, 1.165) is 5.56 Å². The largest absolute Gasteiger partial charge is 0.385 e. The first-order valence-electron chi connectivity index (χ1n) is 9.74. The van der Waals surface area contributed by atoms with Crippen LogP contribution in [-0.2, 0) is 11.3 Å². The minimum Gasteiger partial charge on any atom is -0.385 e. The highest BCUT2D eigenvalue weighted by Gasteiger charge is 2.19. The molecule has 0 aliphatic carbocycles. The van der Waals surface area contributed by atoms with E-state index in [9.17, 15) is 9.59 Å². The van der Waals surface area contributed by atoms with Gasteiger partial charge in [0.2, 0.25) is 0 Å². The van der Waals surface area contributed by atoms with Gasteiger partial charge < -0.3 is 19.1 Å². The lowest BCUT2D eigenvalue weighted by Gasteiger charge is -2.15. The molecule has 4 heterocycles. The Hall–Kier alpha value is -3.79. The quantitative estimate of drug-likeness (QED) is 0.361. The molecule has 0 bridgehead atoms. The third kappa shape index (κ3) is 3.73. The van der Waals surface area contributed by atoms with E-state index >= 15 is 0 Å². The van der Waals surface area contributed by atoms with Crippen molar-refractivity contribution in [3.05, 3.63) is 63.2 Å². The average Bonchev–Trinajstić information content (AvgIpc) is 3.15. The number of hydrogen-bond donors (Lipinski definition) is 2. The molecule has 4 rings (SSSR count). The van der Waals surface area contributed by atoms with E-state index in [0.29, 0.717) is 36.6 Å². The maximum Gasteiger partial charge on any atom is 0.267 e. The van der Waals surface area contributed by atoms with Gasteiger partial charge in [0, 0.05) is 32.5 Å². The van der Waals surface area contributed by atoms with E-state index in [-0.39, 0.29) is 27.8 Å². The van der Waals surface area contributed by atoms with Crippen molar-refractivity contribution in [3.63, 3.8) is 0 Å². The average molecular weight is 422 g/mol. The first-order chi connectivity index (χ1) is 14.9. The molecule has 0 radical (unpaired) electrons. The number of nitrogens with one attached hydrogen (secondary N) is 2. The van der Waals surface area contributed by atoms with Gasteiger partial charge in [0.15, 0.2) is 5.82 Å². The van der Waals surface area contributed by atoms with Gasteiger partial charge in [0.1, 0.15) is 22.5 Å². The number of rotatable bonds is 6. The van der Waals surface area contributed by atoms with E-state index in [1.54, 1.807) is 36.9 Å². The number of methoxy groups -OCH3 is 1. The number of fused-ring (bicyclic) bond motifs is 2. The summed E-state index contributed by atoms with van der Waals surface area (Å²) in [5.41, 5.74) is 1.38. The lowest BCUT2D eigenvalue weighted by molar-refractivity contribution is 0.102. The topological polar surface area (TPSA) is 128 Å². The highest BCUT2D eigenvalue weighted by molar-refractivity contribution is 6.05. The summed E-state index contributed by atoms with van der Waals surface area (Å²) in [5, 5.41) is 15.3. The summed E-state index contributed by atoms with van der Waals surface area (Å²) in [6.07, 6.45) is 2.23. The molecular weight excluding hydrogens is 400 g/mol. The Morgan fingerprint density at radius 3 is 2.81 bits per heavy atom. The summed E-state index contributed by atoms with van der Waals surface area (Å²) < 4.78 is 13.1. The number of hydrogen-bond acceptors (Lipinski definition) is 7. The summed E-state index contributed by atoms with van der Waals surface area (Å²) in [4.78, 5) is 30.8. The second kappa shape index (κ2) is 8.15. The number of pyridine rings is 2. The van der Waals surface area contributed by atoms with Gasteiger partial charge in [-0.1, -0.05) is 11.2 Å². The predicted molar refractivity (Wildman–Crippen MR) is 113 cm³/mol. The molecule has 4 aromatic heterocycles. The Morgan fingerprint density at radius 2 is 2.10 bits per heavy atom. The Bertz CT molecular complexity index is 1420. The molecule has 0 aliphatic heterocycles. The van der Waals surface area contributed by atoms with Crippen LogP contribution in [0.4, 0.5) is 5.82 Å². The lowest BCUT2D eigenvalue weighted by Crippen LogP contribution is -2.32. The number of carbonyl (C=O) groups is 1. The second-order valence-electron chi connectivity index (χ2n) is 7.22. The molecule has 160 valence electrons. The van der Waals surface area contributed by atoms with Crippen LogP contribution in [0.3, 0.4) is 0 Å². The molecule has 0 saturated heterocycles. The van der Waals surface area contributed by atoms with Gasteiger partial charge in [0.05, 0.1) is 10.9 Å². The molecule has 10 nitrogen and oxygen atoms in total. The summed E-state index contributed by atoms with van der Waals surface area (Å²) >= 11 is 0. The minimum absolute atomic E-state index is 0.0390. The lowest BCUT2D eigenvalue weighted by atomic mass is 10.2. The molecule has 0 aromatic carbocycles. The van der Waals surface area contributed by atoms with Gasteiger partial charge >= 0.3 is 0 Å².